The molecule has 7 heteroatoms. The van der Waals surface area contributed by atoms with Crippen LogP contribution in [0.25, 0.3) is 0 Å². The zero-order valence-electron chi connectivity index (χ0n) is 11.3. The zero-order chi connectivity index (χ0) is 15.4. The van der Waals surface area contributed by atoms with E-state index in [1.54, 1.807) is 6.07 Å². The van der Waals surface area contributed by atoms with Crippen LogP contribution in [-0.2, 0) is 6.54 Å². The van der Waals surface area contributed by atoms with E-state index in [1.807, 2.05) is 0 Å². The summed E-state index contributed by atoms with van der Waals surface area (Å²) in [5.41, 5.74) is 5.68. The summed E-state index contributed by atoms with van der Waals surface area (Å²) in [6.07, 6.45) is 0. The van der Waals surface area contributed by atoms with Gasteiger partial charge in [0.05, 0.1) is 24.9 Å². The highest BCUT2D eigenvalue weighted by Gasteiger charge is 2.15. The molecule has 21 heavy (non-hydrogen) atoms. The molecule has 0 bridgehead atoms. The van der Waals surface area contributed by atoms with Crippen molar-refractivity contribution in [2.45, 2.75) is 6.54 Å². The number of carbonyl (C=O) groups is 2. The molecule has 1 amide bonds. The fourth-order valence-electron chi connectivity index (χ4n) is 1.73. The lowest BCUT2D eigenvalue weighted by atomic mass is 10.2. The number of amides is 1. The number of furan rings is 1. The summed E-state index contributed by atoms with van der Waals surface area (Å²) in [7, 11) is 1.42. The first kappa shape index (κ1) is 14.6. The Kier molecular flexibility index (Phi) is 4.24. The predicted octanol–water partition coefficient (Wildman–Crippen LogP) is 1.70. The molecule has 0 radical (unpaired) electrons. The first-order valence-corrected chi connectivity index (χ1v) is 6.06. The largest absolute Gasteiger partial charge is 0.495 e. The average Bonchev–Trinajstić information content (AvgIpc) is 2.96. The van der Waals surface area contributed by atoms with Crippen LogP contribution in [0.4, 0.5) is 5.69 Å². The van der Waals surface area contributed by atoms with Crippen molar-refractivity contribution in [3.8, 4) is 5.75 Å². The van der Waals surface area contributed by atoms with E-state index in [0.29, 0.717) is 11.5 Å². The molecule has 1 heterocycles. The van der Waals surface area contributed by atoms with Crippen molar-refractivity contribution >= 4 is 17.6 Å². The average molecular weight is 290 g/mol. The van der Waals surface area contributed by atoms with Crippen molar-refractivity contribution in [2.75, 3.05) is 12.4 Å². The second-order valence-corrected chi connectivity index (χ2v) is 4.14. The topological polar surface area (TPSA) is 115 Å². The number of ether oxygens (including phenoxy) is 1. The quantitative estimate of drug-likeness (QED) is 0.772. The maximum Gasteiger partial charge on any atom is 0.335 e. The van der Waals surface area contributed by atoms with Crippen LogP contribution >= 0.6 is 0 Å². The Hall–Kier alpha value is -2.80. The molecule has 0 aliphatic rings. The number of hydrogen-bond acceptors (Lipinski definition) is 5. The molecule has 0 unspecified atom stereocenters. The van der Waals surface area contributed by atoms with E-state index in [1.165, 1.54) is 31.4 Å². The third-order valence-corrected chi connectivity index (χ3v) is 2.78. The van der Waals surface area contributed by atoms with Gasteiger partial charge < -0.3 is 25.3 Å². The molecule has 0 saturated carbocycles. The van der Waals surface area contributed by atoms with E-state index in [0.717, 1.165) is 0 Å². The maximum atomic E-state index is 12.0. The van der Waals surface area contributed by atoms with Crippen molar-refractivity contribution in [3.63, 3.8) is 0 Å². The normalized spacial score (nSPS) is 10.2. The summed E-state index contributed by atoms with van der Waals surface area (Å²) in [5, 5.41) is 11.5. The number of hydrogen-bond donors (Lipinski definition) is 3. The van der Waals surface area contributed by atoms with Gasteiger partial charge in [-0.25, -0.2) is 4.79 Å². The lowest BCUT2D eigenvalue weighted by Crippen LogP contribution is -2.12. The molecule has 0 spiro atoms. The van der Waals surface area contributed by atoms with Gasteiger partial charge >= 0.3 is 5.97 Å². The van der Waals surface area contributed by atoms with Gasteiger partial charge in [-0.2, -0.15) is 0 Å². The number of aromatic carboxylic acids is 1. The predicted molar refractivity (Wildman–Crippen MR) is 74.5 cm³/mol. The molecule has 1 aromatic heterocycles. The highest BCUT2D eigenvalue weighted by molar-refractivity contribution is 6.04. The minimum absolute atomic E-state index is 0.0354. The minimum Gasteiger partial charge on any atom is -0.495 e. The molecule has 4 N–H and O–H groups in total. The van der Waals surface area contributed by atoms with Gasteiger partial charge in [0.2, 0.25) is 0 Å². The number of rotatable bonds is 5. The van der Waals surface area contributed by atoms with Crippen molar-refractivity contribution in [3.05, 3.63) is 47.4 Å². The van der Waals surface area contributed by atoms with Crippen LogP contribution in [0.5, 0.6) is 5.75 Å². The second kappa shape index (κ2) is 6.10. The van der Waals surface area contributed by atoms with E-state index < -0.39 is 11.9 Å². The molecule has 0 fully saturated rings. The standard InChI is InChI=1S/C14H14N2O5/c1-20-11-4-2-8(14(18)19)6-10(11)16-13(17)12-5-3-9(7-15)21-12/h2-6H,7,15H2,1H3,(H,16,17)(H,18,19). The van der Waals surface area contributed by atoms with Gasteiger partial charge in [0.1, 0.15) is 11.5 Å². The van der Waals surface area contributed by atoms with Gasteiger partial charge in [0.25, 0.3) is 5.91 Å². The summed E-state index contributed by atoms with van der Waals surface area (Å²) in [5.74, 6) is -0.712. The van der Waals surface area contributed by atoms with Crippen LogP contribution in [0.15, 0.2) is 34.7 Å². The Bertz CT molecular complexity index is 678. The van der Waals surface area contributed by atoms with Crippen LogP contribution in [0.1, 0.15) is 26.7 Å². The highest BCUT2D eigenvalue weighted by Crippen LogP contribution is 2.26. The van der Waals surface area contributed by atoms with Crippen LogP contribution in [0.3, 0.4) is 0 Å². The molecule has 0 aliphatic heterocycles. The summed E-state index contributed by atoms with van der Waals surface area (Å²) >= 11 is 0. The number of nitrogens with one attached hydrogen (secondary N) is 1. The lowest BCUT2D eigenvalue weighted by Gasteiger charge is -2.10. The summed E-state index contributed by atoms with van der Waals surface area (Å²) in [4.78, 5) is 23.0. The Labute approximate surface area is 120 Å². The monoisotopic (exact) mass is 290 g/mol. The zero-order valence-corrected chi connectivity index (χ0v) is 11.3. The fourth-order valence-corrected chi connectivity index (χ4v) is 1.73. The van der Waals surface area contributed by atoms with Crippen LogP contribution in [0, 0.1) is 0 Å². The van der Waals surface area contributed by atoms with Crippen LogP contribution in [-0.4, -0.2) is 24.1 Å². The van der Waals surface area contributed by atoms with Crippen molar-refractivity contribution < 1.29 is 23.8 Å². The number of carboxylic acids is 1. The fraction of sp³-hybridized carbons (Fsp3) is 0.143. The Morgan fingerprint density at radius 2 is 2.10 bits per heavy atom. The second-order valence-electron chi connectivity index (χ2n) is 4.14. The summed E-state index contributed by atoms with van der Waals surface area (Å²) in [6.45, 7) is 0.186. The SMILES string of the molecule is COc1ccc(C(=O)O)cc1NC(=O)c1ccc(CN)o1. The molecular formula is C14H14N2O5. The van der Waals surface area contributed by atoms with E-state index in [-0.39, 0.29) is 23.6 Å². The molecule has 1 aromatic carbocycles. The van der Waals surface area contributed by atoms with Crippen molar-refractivity contribution in [2.24, 2.45) is 5.73 Å². The van der Waals surface area contributed by atoms with Crippen LogP contribution < -0.4 is 15.8 Å². The van der Waals surface area contributed by atoms with Crippen molar-refractivity contribution in [1.82, 2.24) is 0 Å². The Morgan fingerprint density at radius 1 is 1.33 bits per heavy atom. The third kappa shape index (κ3) is 3.21. The molecule has 7 nitrogen and oxygen atoms in total. The van der Waals surface area contributed by atoms with Gasteiger partial charge in [-0.3, -0.25) is 4.79 Å². The van der Waals surface area contributed by atoms with Gasteiger partial charge in [-0.05, 0) is 30.3 Å². The number of carbonyl (C=O) groups excluding carboxylic acids is 1. The molecule has 2 aromatic rings. The van der Waals surface area contributed by atoms with Gasteiger partial charge in [-0.1, -0.05) is 0 Å². The Balaban J connectivity index is 2.26. The number of nitrogens with two attached hydrogens (primary N) is 1. The third-order valence-electron chi connectivity index (χ3n) is 2.78. The molecule has 2 rings (SSSR count). The van der Waals surface area contributed by atoms with Crippen LogP contribution in [0.2, 0.25) is 0 Å². The molecule has 0 atom stereocenters. The van der Waals surface area contributed by atoms with Gasteiger partial charge in [0, 0.05) is 0 Å². The molecule has 0 aliphatic carbocycles. The van der Waals surface area contributed by atoms with Crippen molar-refractivity contribution in [1.29, 1.82) is 0 Å². The van der Waals surface area contributed by atoms with E-state index in [2.05, 4.69) is 5.32 Å². The number of methoxy groups -OCH3 is 1. The summed E-state index contributed by atoms with van der Waals surface area (Å²) in [6, 6.07) is 7.25. The van der Waals surface area contributed by atoms with E-state index in [4.69, 9.17) is 20.0 Å². The smallest absolute Gasteiger partial charge is 0.335 e. The number of carboxylic acid groups (broad SMARTS) is 1. The lowest BCUT2D eigenvalue weighted by molar-refractivity contribution is 0.0696. The van der Waals surface area contributed by atoms with Gasteiger partial charge in [0.15, 0.2) is 5.76 Å². The number of anilines is 1. The first-order chi connectivity index (χ1) is 10.0. The van der Waals surface area contributed by atoms with E-state index >= 15 is 0 Å². The Morgan fingerprint density at radius 3 is 2.67 bits per heavy atom. The molecule has 110 valence electrons. The molecular weight excluding hydrogens is 276 g/mol. The molecule has 0 saturated heterocycles. The maximum absolute atomic E-state index is 12.0. The first-order valence-electron chi connectivity index (χ1n) is 6.06. The van der Waals surface area contributed by atoms with Gasteiger partial charge in [-0.15, -0.1) is 0 Å². The summed E-state index contributed by atoms with van der Waals surface area (Å²) < 4.78 is 10.3. The minimum atomic E-state index is -1.10. The highest BCUT2D eigenvalue weighted by atomic mass is 16.5. The van der Waals surface area contributed by atoms with E-state index in [9.17, 15) is 9.59 Å². The number of benzene rings is 1.